The van der Waals surface area contributed by atoms with Gasteiger partial charge in [0.2, 0.25) is 5.95 Å². The van der Waals surface area contributed by atoms with Gasteiger partial charge in [-0.25, -0.2) is 9.97 Å². The average molecular weight is 313 g/mol. The molecular weight excluding hydrogens is 294 g/mol. The van der Waals surface area contributed by atoms with Gasteiger partial charge in [0, 0.05) is 31.7 Å². The van der Waals surface area contributed by atoms with Gasteiger partial charge in [-0.05, 0) is 25.0 Å². The minimum absolute atomic E-state index is 0.221. The van der Waals surface area contributed by atoms with Gasteiger partial charge in [-0.2, -0.15) is 0 Å². The Bertz CT molecular complexity index is 627. The molecule has 3 heterocycles. The molecule has 1 saturated heterocycles. The fourth-order valence-corrected chi connectivity index (χ4v) is 2.32. The highest BCUT2D eigenvalue weighted by molar-refractivity contribution is 5.93. The number of anilines is 1. The third-order valence-corrected chi connectivity index (χ3v) is 3.58. The zero-order valence-corrected chi connectivity index (χ0v) is 12.7. The second-order valence-corrected chi connectivity index (χ2v) is 5.32. The maximum absolute atomic E-state index is 12.0. The van der Waals surface area contributed by atoms with Gasteiger partial charge in [0.1, 0.15) is 0 Å². The average Bonchev–Trinajstić information content (AvgIpc) is 3.13. The standard InChI is InChI=1S/C16H19N5O2/c22-15(18-10-13-4-1-2-6-17-13)12-8-19-16(20-9-12)21-11-14-5-3-7-23-14/h1-2,4,6,8-9,14H,3,5,7,10-11H2,(H,18,22)(H,19,20,21). The van der Waals surface area contributed by atoms with E-state index < -0.39 is 0 Å². The summed E-state index contributed by atoms with van der Waals surface area (Å²) < 4.78 is 5.52. The normalized spacial score (nSPS) is 17.0. The van der Waals surface area contributed by atoms with Crippen molar-refractivity contribution in [2.45, 2.75) is 25.5 Å². The van der Waals surface area contributed by atoms with Gasteiger partial charge >= 0.3 is 0 Å². The lowest BCUT2D eigenvalue weighted by Crippen LogP contribution is -2.24. The van der Waals surface area contributed by atoms with Crippen molar-refractivity contribution in [3.8, 4) is 0 Å². The van der Waals surface area contributed by atoms with Gasteiger partial charge in [-0.3, -0.25) is 9.78 Å². The summed E-state index contributed by atoms with van der Waals surface area (Å²) in [6.45, 7) is 1.88. The van der Waals surface area contributed by atoms with Crippen LogP contribution in [-0.4, -0.2) is 40.1 Å². The van der Waals surface area contributed by atoms with Crippen molar-refractivity contribution >= 4 is 11.9 Å². The van der Waals surface area contributed by atoms with Crippen LogP contribution in [0, 0.1) is 0 Å². The van der Waals surface area contributed by atoms with Crippen LogP contribution in [0.4, 0.5) is 5.95 Å². The topological polar surface area (TPSA) is 89.0 Å². The number of nitrogens with zero attached hydrogens (tertiary/aromatic N) is 3. The lowest BCUT2D eigenvalue weighted by molar-refractivity contribution is 0.0949. The molecule has 0 saturated carbocycles. The van der Waals surface area contributed by atoms with E-state index in [-0.39, 0.29) is 12.0 Å². The molecular formula is C16H19N5O2. The minimum atomic E-state index is -0.221. The number of rotatable bonds is 6. The van der Waals surface area contributed by atoms with Crippen molar-refractivity contribution in [1.29, 1.82) is 0 Å². The first-order valence-electron chi connectivity index (χ1n) is 7.67. The van der Waals surface area contributed by atoms with Crippen LogP contribution in [0.25, 0.3) is 0 Å². The highest BCUT2D eigenvalue weighted by Crippen LogP contribution is 2.12. The molecule has 120 valence electrons. The van der Waals surface area contributed by atoms with Crippen LogP contribution in [-0.2, 0) is 11.3 Å². The Labute approximate surface area is 134 Å². The summed E-state index contributed by atoms with van der Waals surface area (Å²) in [4.78, 5) is 24.5. The van der Waals surface area contributed by atoms with E-state index in [2.05, 4.69) is 25.6 Å². The van der Waals surface area contributed by atoms with Crippen molar-refractivity contribution in [2.24, 2.45) is 0 Å². The molecule has 1 aliphatic rings. The molecule has 2 aromatic heterocycles. The number of carbonyl (C=O) groups is 1. The third kappa shape index (κ3) is 4.46. The molecule has 0 aliphatic carbocycles. The Hall–Kier alpha value is -2.54. The third-order valence-electron chi connectivity index (χ3n) is 3.58. The van der Waals surface area contributed by atoms with Crippen LogP contribution in [0.1, 0.15) is 28.9 Å². The summed E-state index contributed by atoms with van der Waals surface area (Å²) in [5, 5.41) is 5.91. The highest BCUT2D eigenvalue weighted by atomic mass is 16.5. The zero-order chi connectivity index (χ0) is 15.9. The number of amides is 1. The Morgan fingerprint density at radius 3 is 2.83 bits per heavy atom. The predicted octanol–water partition coefficient (Wildman–Crippen LogP) is 1.39. The summed E-state index contributed by atoms with van der Waals surface area (Å²) in [5.41, 5.74) is 1.22. The fourth-order valence-electron chi connectivity index (χ4n) is 2.32. The maximum atomic E-state index is 12.0. The molecule has 2 N–H and O–H groups in total. The van der Waals surface area contributed by atoms with E-state index in [0.717, 1.165) is 25.1 Å². The highest BCUT2D eigenvalue weighted by Gasteiger charge is 2.15. The summed E-state index contributed by atoms with van der Waals surface area (Å²) in [7, 11) is 0. The van der Waals surface area contributed by atoms with E-state index in [1.54, 1.807) is 6.20 Å². The van der Waals surface area contributed by atoms with Gasteiger partial charge in [0.25, 0.3) is 5.91 Å². The van der Waals surface area contributed by atoms with E-state index >= 15 is 0 Å². The predicted molar refractivity (Wildman–Crippen MR) is 84.9 cm³/mol. The van der Waals surface area contributed by atoms with Crippen LogP contribution in [0.15, 0.2) is 36.8 Å². The Morgan fingerprint density at radius 1 is 1.26 bits per heavy atom. The molecule has 0 bridgehead atoms. The second kappa shape index (κ2) is 7.64. The number of carbonyl (C=O) groups excluding carboxylic acids is 1. The molecule has 1 aliphatic heterocycles. The Balaban J connectivity index is 1.48. The fraction of sp³-hybridized carbons (Fsp3) is 0.375. The lowest BCUT2D eigenvalue weighted by Gasteiger charge is -2.10. The van der Waals surface area contributed by atoms with Gasteiger partial charge in [0.05, 0.1) is 23.9 Å². The number of pyridine rings is 1. The smallest absolute Gasteiger partial charge is 0.254 e. The van der Waals surface area contributed by atoms with Crippen molar-refractivity contribution in [2.75, 3.05) is 18.5 Å². The van der Waals surface area contributed by atoms with Gasteiger partial charge < -0.3 is 15.4 Å². The Kier molecular flexibility index (Phi) is 5.10. The van der Waals surface area contributed by atoms with Gasteiger partial charge in [-0.1, -0.05) is 6.07 Å². The molecule has 23 heavy (non-hydrogen) atoms. The summed E-state index contributed by atoms with van der Waals surface area (Å²) in [6, 6.07) is 5.57. The maximum Gasteiger partial charge on any atom is 0.254 e. The van der Waals surface area contributed by atoms with E-state index in [4.69, 9.17) is 4.74 Å². The van der Waals surface area contributed by atoms with Crippen LogP contribution >= 0.6 is 0 Å². The molecule has 0 spiro atoms. The quantitative estimate of drug-likeness (QED) is 0.838. The Morgan fingerprint density at radius 2 is 2.13 bits per heavy atom. The van der Waals surface area contributed by atoms with Gasteiger partial charge in [0.15, 0.2) is 0 Å². The zero-order valence-electron chi connectivity index (χ0n) is 12.7. The molecule has 1 fully saturated rings. The number of ether oxygens (including phenoxy) is 1. The molecule has 1 atom stereocenters. The van der Waals surface area contributed by atoms with E-state index in [9.17, 15) is 4.79 Å². The second-order valence-electron chi connectivity index (χ2n) is 5.32. The van der Waals surface area contributed by atoms with Crippen LogP contribution in [0.3, 0.4) is 0 Å². The number of hydrogen-bond donors (Lipinski definition) is 2. The van der Waals surface area contributed by atoms with Crippen LogP contribution < -0.4 is 10.6 Å². The van der Waals surface area contributed by atoms with Crippen LogP contribution in [0.2, 0.25) is 0 Å². The summed E-state index contributed by atoms with van der Waals surface area (Å²) in [5.74, 6) is 0.281. The van der Waals surface area contributed by atoms with Crippen molar-refractivity contribution in [3.63, 3.8) is 0 Å². The van der Waals surface area contributed by atoms with E-state index in [1.807, 2.05) is 18.2 Å². The minimum Gasteiger partial charge on any atom is -0.376 e. The number of aromatic nitrogens is 3. The first-order chi connectivity index (χ1) is 11.3. The lowest BCUT2D eigenvalue weighted by atomic mass is 10.2. The van der Waals surface area contributed by atoms with Crippen LogP contribution in [0.5, 0.6) is 0 Å². The molecule has 0 aromatic carbocycles. The molecule has 7 heteroatoms. The van der Waals surface area contributed by atoms with Crippen molar-refractivity contribution < 1.29 is 9.53 Å². The van der Waals surface area contributed by atoms with Crippen molar-refractivity contribution in [3.05, 3.63) is 48.0 Å². The monoisotopic (exact) mass is 313 g/mol. The summed E-state index contributed by atoms with van der Waals surface area (Å²) in [6.07, 6.45) is 7.10. The molecule has 0 radical (unpaired) electrons. The molecule has 1 unspecified atom stereocenters. The van der Waals surface area contributed by atoms with E-state index in [0.29, 0.717) is 24.6 Å². The van der Waals surface area contributed by atoms with E-state index in [1.165, 1.54) is 12.4 Å². The molecule has 2 aromatic rings. The largest absolute Gasteiger partial charge is 0.376 e. The first kappa shape index (κ1) is 15.4. The SMILES string of the molecule is O=C(NCc1ccccn1)c1cnc(NCC2CCCO2)nc1. The first-order valence-corrected chi connectivity index (χ1v) is 7.67. The summed E-state index contributed by atoms with van der Waals surface area (Å²) >= 11 is 0. The van der Waals surface area contributed by atoms with Crippen molar-refractivity contribution in [1.82, 2.24) is 20.3 Å². The molecule has 3 rings (SSSR count). The van der Waals surface area contributed by atoms with Gasteiger partial charge in [-0.15, -0.1) is 0 Å². The molecule has 1 amide bonds. The molecule has 7 nitrogen and oxygen atoms in total. The number of hydrogen-bond acceptors (Lipinski definition) is 6. The number of nitrogens with one attached hydrogen (secondary N) is 2.